The van der Waals surface area contributed by atoms with Gasteiger partial charge >= 0.3 is 5.97 Å². The SMILES string of the molecule is CC(=O)O[C@@H](CCC1O[C@@H](c2ccccc2)[C@H](c2ccccc2)O1)[C@H](C)O. The van der Waals surface area contributed by atoms with Crippen LogP contribution >= 0.6 is 0 Å². The Labute approximate surface area is 159 Å². The topological polar surface area (TPSA) is 65.0 Å². The second-order valence-electron chi connectivity index (χ2n) is 6.83. The molecule has 0 bridgehead atoms. The van der Waals surface area contributed by atoms with Gasteiger partial charge in [0.1, 0.15) is 18.3 Å². The minimum Gasteiger partial charge on any atom is -0.460 e. The van der Waals surface area contributed by atoms with E-state index in [4.69, 9.17) is 14.2 Å². The lowest BCUT2D eigenvalue weighted by Gasteiger charge is -2.21. The Morgan fingerprint density at radius 3 is 1.89 bits per heavy atom. The van der Waals surface area contributed by atoms with Gasteiger partial charge in [-0.2, -0.15) is 0 Å². The van der Waals surface area contributed by atoms with Crippen LogP contribution in [0, 0.1) is 0 Å². The van der Waals surface area contributed by atoms with E-state index in [1.165, 1.54) is 6.92 Å². The van der Waals surface area contributed by atoms with Gasteiger partial charge in [0, 0.05) is 13.3 Å². The first-order chi connectivity index (χ1) is 13.0. The lowest BCUT2D eigenvalue weighted by molar-refractivity contribution is -0.154. The van der Waals surface area contributed by atoms with Crippen LogP contribution in [0.2, 0.25) is 0 Å². The molecule has 2 aromatic carbocycles. The van der Waals surface area contributed by atoms with Gasteiger partial charge in [-0.05, 0) is 24.5 Å². The Bertz CT molecular complexity index is 668. The molecule has 0 unspecified atom stereocenters. The fourth-order valence-electron chi connectivity index (χ4n) is 3.34. The minimum absolute atomic E-state index is 0.211. The second kappa shape index (κ2) is 9.13. The molecule has 1 fully saturated rings. The maximum atomic E-state index is 11.2. The van der Waals surface area contributed by atoms with Crippen LogP contribution in [0.1, 0.15) is 50.0 Å². The maximum Gasteiger partial charge on any atom is 0.302 e. The van der Waals surface area contributed by atoms with Crippen molar-refractivity contribution in [2.75, 3.05) is 0 Å². The van der Waals surface area contributed by atoms with Gasteiger partial charge in [-0.1, -0.05) is 60.7 Å². The van der Waals surface area contributed by atoms with Crippen molar-refractivity contribution in [2.45, 2.75) is 57.4 Å². The summed E-state index contributed by atoms with van der Waals surface area (Å²) in [5, 5.41) is 9.84. The molecule has 2 aromatic rings. The van der Waals surface area contributed by atoms with Crippen LogP contribution in [0.4, 0.5) is 0 Å². The predicted octanol–water partition coefficient (Wildman–Crippen LogP) is 3.93. The van der Waals surface area contributed by atoms with E-state index in [-0.39, 0.29) is 12.2 Å². The van der Waals surface area contributed by atoms with Crippen molar-refractivity contribution in [3.05, 3.63) is 71.8 Å². The van der Waals surface area contributed by atoms with E-state index in [0.717, 1.165) is 11.1 Å². The maximum absolute atomic E-state index is 11.2. The zero-order valence-corrected chi connectivity index (χ0v) is 15.7. The van der Waals surface area contributed by atoms with Gasteiger partial charge in [-0.3, -0.25) is 4.79 Å². The fourth-order valence-corrected chi connectivity index (χ4v) is 3.34. The van der Waals surface area contributed by atoms with Crippen molar-refractivity contribution >= 4 is 5.97 Å². The molecule has 0 aliphatic carbocycles. The van der Waals surface area contributed by atoms with Gasteiger partial charge in [0.2, 0.25) is 0 Å². The summed E-state index contributed by atoms with van der Waals surface area (Å²) in [5.74, 6) is -0.404. The summed E-state index contributed by atoms with van der Waals surface area (Å²) in [6.07, 6.45) is -1.18. The molecule has 5 heteroatoms. The molecule has 1 aliphatic rings. The summed E-state index contributed by atoms with van der Waals surface area (Å²) < 4.78 is 17.6. The highest BCUT2D eigenvalue weighted by Crippen LogP contribution is 2.43. The van der Waals surface area contributed by atoms with Crippen molar-refractivity contribution in [1.29, 1.82) is 0 Å². The lowest BCUT2D eigenvalue weighted by atomic mass is 9.99. The van der Waals surface area contributed by atoms with E-state index in [1.807, 2.05) is 60.7 Å². The number of ether oxygens (including phenoxy) is 3. The number of hydrogen-bond acceptors (Lipinski definition) is 5. The molecule has 27 heavy (non-hydrogen) atoms. The summed E-state index contributed by atoms with van der Waals surface area (Å²) in [6, 6.07) is 20.0. The number of esters is 1. The van der Waals surface area contributed by atoms with Crippen molar-refractivity contribution in [3.63, 3.8) is 0 Å². The van der Waals surface area contributed by atoms with E-state index in [2.05, 4.69) is 0 Å². The van der Waals surface area contributed by atoms with E-state index >= 15 is 0 Å². The molecule has 5 nitrogen and oxygen atoms in total. The predicted molar refractivity (Wildman–Crippen MR) is 101 cm³/mol. The molecule has 0 spiro atoms. The summed E-state index contributed by atoms with van der Waals surface area (Å²) >= 11 is 0. The number of benzene rings is 2. The van der Waals surface area contributed by atoms with Gasteiger partial charge in [0.15, 0.2) is 6.29 Å². The van der Waals surface area contributed by atoms with Gasteiger partial charge in [0.05, 0.1) is 6.10 Å². The number of aliphatic hydroxyl groups is 1. The second-order valence-corrected chi connectivity index (χ2v) is 6.83. The third-order valence-electron chi connectivity index (χ3n) is 4.67. The molecule has 0 aromatic heterocycles. The summed E-state index contributed by atoms with van der Waals surface area (Å²) in [7, 11) is 0. The highest BCUT2D eigenvalue weighted by molar-refractivity contribution is 5.66. The molecule has 1 saturated heterocycles. The standard InChI is InChI=1S/C22H26O5/c1-15(23)19(25-16(2)24)13-14-20-26-21(17-9-5-3-6-10-17)22(27-20)18-11-7-4-8-12-18/h3-12,15,19-23H,13-14H2,1-2H3/t15-,19-,21-,22-/m0/s1. The molecule has 0 radical (unpaired) electrons. The van der Waals surface area contributed by atoms with E-state index in [1.54, 1.807) is 6.92 Å². The van der Waals surface area contributed by atoms with Crippen LogP contribution in [0.15, 0.2) is 60.7 Å². The minimum atomic E-state index is -0.745. The van der Waals surface area contributed by atoms with Gasteiger partial charge in [0.25, 0.3) is 0 Å². The van der Waals surface area contributed by atoms with Crippen LogP contribution in [0.25, 0.3) is 0 Å². The van der Waals surface area contributed by atoms with Crippen LogP contribution < -0.4 is 0 Å². The number of carbonyl (C=O) groups excluding carboxylic acids is 1. The van der Waals surface area contributed by atoms with Crippen molar-refractivity contribution in [2.24, 2.45) is 0 Å². The van der Waals surface area contributed by atoms with E-state index < -0.39 is 24.5 Å². The number of hydrogen-bond donors (Lipinski definition) is 1. The van der Waals surface area contributed by atoms with Gasteiger partial charge in [-0.15, -0.1) is 0 Å². The summed E-state index contributed by atoms with van der Waals surface area (Å²) in [6.45, 7) is 2.96. The Morgan fingerprint density at radius 1 is 1.00 bits per heavy atom. The Hall–Kier alpha value is -2.21. The molecular weight excluding hydrogens is 344 g/mol. The molecule has 1 aliphatic heterocycles. The van der Waals surface area contributed by atoms with Crippen molar-refractivity contribution in [3.8, 4) is 0 Å². The van der Waals surface area contributed by atoms with Crippen molar-refractivity contribution < 1.29 is 24.1 Å². The lowest BCUT2D eigenvalue weighted by Crippen LogP contribution is -2.29. The number of rotatable bonds is 7. The first-order valence-electron chi connectivity index (χ1n) is 9.30. The molecule has 0 amide bonds. The quantitative estimate of drug-likeness (QED) is 0.748. The molecule has 0 saturated carbocycles. The monoisotopic (exact) mass is 370 g/mol. The smallest absolute Gasteiger partial charge is 0.302 e. The molecule has 1 N–H and O–H groups in total. The molecule has 144 valence electrons. The third-order valence-corrected chi connectivity index (χ3v) is 4.67. The highest BCUT2D eigenvalue weighted by Gasteiger charge is 2.38. The van der Waals surface area contributed by atoms with Crippen molar-refractivity contribution in [1.82, 2.24) is 0 Å². The molecule has 4 atom stereocenters. The average molecular weight is 370 g/mol. The van der Waals surface area contributed by atoms with Gasteiger partial charge in [-0.25, -0.2) is 0 Å². The average Bonchev–Trinajstić information content (AvgIpc) is 3.10. The van der Waals surface area contributed by atoms with E-state index in [9.17, 15) is 9.90 Å². The zero-order chi connectivity index (χ0) is 19.2. The van der Waals surface area contributed by atoms with Crippen LogP contribution in [-0.2, 0) is 19.0 Å². The Morgan fingerprint density at radius 2 is 1.48 bits per heavy atom. The highest BCUT2D eigenvalue weighted by atomic mass is 16.7. The Balaban J connectivity index is 1.72. The zero-order valence-electron chi connectivity index (χ0n) is 15.7. The number of carbonyl (C=O) groups is 1. The molecular formula is C22H26O5. The van der Waals surface area contributed by atoms with E-state index in [0.29, 0.717) is 12.8 Å². The first kappa shape index (κ1) is 19.5. The van der Waals surface area contributed by atoms with Crippen LogP contribution in [-0.4, -0.2) is 29.6 Å². The summed E-state index contributed by atoms with van der Waals surface area (Å²) in [4.78, 5) is 11.2. The fraction of sp³-hybridized carbons (Fsp3) is 0.409. The van der Waals surface area contributed by atoms with Crippen LogP contribution in [0.3, 0.4) is 0 Å². The normalized spacial score (nSPS) is 22.3. The molecule has 3 rings (SSSR count). The van der Waals surface area contributed by atoms with Gasteiger partial charge < -0.3 is 19.3 Å². The molecule has 1 heterocycles. The van der Waals surface area contributed by atoms with Crippen LogP contribution in [0.5, 0.6) is 0 Å². The summed E-state index contributed by atoms with van der Waals surface area (Å²) in [5.41, 5.74) is 2.11. The first-order valence-corrected chi connectivity index (χ1v) is 9.30. The number of aliphatic hydroxyl groups excluding tert-OH is 1. The largest absolute Gasteiger partial charge is 0.460 e. The Kier molecular flexibility index (Phi) is 6.61. The third kappa shape index (κ3) is 5.16.